The first-order valence-corrected chi connectivity index (χ1v) is 13.9. The molecule has 0 atom stereocenters. The van der Waals surface area contributed by atoms with Crippen molar-refractivity contribution < 1.29 is 18.3 Å². The Hall–Kier alpha value is -5.23. The third-order valence-corrected chi connectivity index (χ3v) is 7.54. The SMILES string of the molecule is COc1ccccc1NS(=O)(=O)c1cccc(-n2c(O)c(/C=N/Nc3nc(C)cc(C)n3)c3ccccc3c2=O)c1. The number of ether oxygens (including phenoxy) is 1. The van der Waals surface area contributed by atoms with Crippen molar-refractivity contribution in [2.75, 3.05) is 17.3 Å². The van der Waals surface area contributed by atoms with Gasteiger partial charge in [-0.1, -0.05) is 36.4 Å². The summed E-state index contributed by atoms with van der Waals surface area (Å²) in [5.41, 5.74) is 4.36. The Balaban J connectivity index is 1.58. The van der Waals surface area contributed by atoms with E-state index in [0.717, 1.165) is 16.0 Å². The molecule has 41 heavy (non-hydrogen) atoms. The van der Waals surface area contributed by atoms with E-state index < -0.39 is 21.5 Å². The van der Waals surface area contributed by atoms with Crippen LogP contribution < -0.4 is 20.4 Å². The van der Waals surface area contributed by atoms with E-state index in [1.807, 2.05) is 19.9 Å². The molecule has 11 nitrogen and oxygen atoms in total. The molecule has 2 heterocycles. The molecule has 12 heteroatoms. The highest BCUT2D eigenvalue weighted by Gasteiger charge is 2.20. The number of para-hydroxylation sites is 2. The zero-order valence-electron chi connectivity index (χ0n) is 22.4. The van der Waals surface area contributed by atoms with E-state index in [2.05, 4.69) is 25.2 Å². The van der Waals surface area contributed by atoms with Gasteiger partial charge in [-0.25, -0.2) is 28.4 Å². The number of aromatic nitrogens is 3. The molecule has 0 aliphatic heterocycles. The van der Waals surface area contributed by atoms with Gasteiger partial charge in [-0.15, -0.1) is 0 Å². The minimum absolute atomic E-state index is 0.121. The lowest BCUT2D eigenvalue weighted by Crippen LogP contribution is -2.21. The molecule has 0 fully saturated rings. The number of hydrogen-bond donors (Lipinski definition) is 3. The monoisotopic (exact) mass is 570 g/mol. The Kier molecular flexibility index (Phi) is 7.40. The highest BCUT2D eigenvalue weighted by atomic mass is 32.2. The van der Waals surface area contributed by atoms with Crippen LogP contribution in [0.4, 0.5) is 11.6 Å². The summed E-state index contributed by atoms with van der Waals surface area (Å²) in [6.45, 7) is 3.66. The summed E-state index contributed by atoms with van der Waals surface area (Å²) in [5.74, 6) is 0.198. The van der Waals surface area contributed by atoms with Crippen molar-refractivity contribution in [1.82, 2.24) is 14.5 Å². The number of rotatable bonds is 8. The summed E-state index contributed by atoms with van der Waals surface area (Å²) < 4.78 is 35.3. The predicted octanol–water partition coefficient (Wildman–Crippen LogP) is 4.36. The van der Waals surface area contributed by atoms with E-state index in [1.165, 1.54) is 37.6 Å². The van der Waals surface area contributed by atoms with E-state index in [9.17, 15) is 18.3 Å². The van der Waals surface area contributed by atoms with Crippen LogP contribution in [-0.2, 0) is 10.0 Å². The number of benzene rings is 3. The standard InChI is InChI=1S/C29H26N6O5S/c1-18-15-19(2)32-29(31-18)33-30-17-24-22-11-4-5-12-23(22)27(36)35(28(24)37)20-9-8-10-21(16-20)41(38,39)34-25-13-6-7-14-26(25)40-3/h4-17,34,37H,1-3H3,(H,31,32,33)/b30-17+. The van der Waals surface area contributed by atoms with Crippen molar-refractivity contribution in [3.63, 3.8) is 0 Å². The Morgan fingerprint density at radius 3 is 2.34 bits per heavy atom. The van der Waals surface area contributed by atoms with Gasteiger partial charge in [0.1, 0.15) is 5.75 Å². The molecule has 0 bridgehead atoms. The highest BCUT2D eigenvalue weighted by Crippen LogP contribution is 2.29. The average molecular weight is 571 g/mol. The van der Waals surface area contributed by atoms with Crippen LogP contribution in [0.2, 0.25) is 0 Å². The third kappa shape index (κ3) is 5.58. The summed E-state index contributed by atoms with van der Waals surface area (Å²) in [5, 5.41) is 16.3. The van der Waals surface area contributed by atoms with E-state index >= 15 is 0 Å². The molecule has 0 aliphatic rings. The molecule has 2 aromatic heterocycles. The van der Waals surface area contributed by atoms with Crippen molar-refractivity contribution in [2.24, 2.45) is 5.10 Å². The van der Waals surface area contributed by atoms with Gasteiger partial charge in [0.05, 0.1) is 35.2 Å². The summed E-state index contributed by atoms with van der Waals surface area (Å²) in [4.78, 5) is 22.0. The highest BCUT2D eigenvalue weighted by molar-refractivity contribution is 7.92. The molecule has 0 radical (unpaired) electrons. The lowest BCUT2D eigenvalue weighted by atomic mass is 10.1. The summed E-state index contributed by atoms with van der Waals surface area (Å²) in [6.07, 6.45) is 1.36. The van der Waals surface area contributed by atoms with Gasteiger partial charge in [0.25, 0.3) is 15.6 Å². The van der Waals surface area contributed by atoms with Gasteiger partial charge in [0.2, 0.25) is 11.8 Å². The van der Waals surface area contributed by atoms with Crippen molar-refractivity contribution in [3.8, 4) is 17.3 Å². The Labute approximate surface area is 235 Å². The summed E-state index contributed by atoms with van der Waals surface area (Å²) in [7, 11) is -2.65. The minimum atomic E-state index is -4.08. The van der Waals surface area contributed by atoms with Crippen LogP contribution in [-0.4, -0.2) is 41.4 Å². The zero-order valence-corrected chi connectivity index (χ0v) is 23.2. The number of pyridine rings is 1. The first-order valence-electron chi connectivity index (χ1n) is 12.4. The maximum atomic E-state index is 13.5. The fourth-order valence-corrected chi connectivity index (χ4v) is 5.49. The Morgan fingerprint density at radius 2 is 1.61 bits per heavy atom. The first-order chi connectivity index (χ1) is 19.7. The summed E-state index contributed by atoms with van der Waals surface area (Å²) in [6, 6.07) is 20.9. The molecule has 3 aromatic carbocycles. The fourth-order valence-electron chi connectivity index (χ4n) is 4.38. The Morgan fingerprint density at radius 1 is 0.927 bits per heavy atom. The number of anilines is 2. The molecule has 3 N–H and O–H groups in total. The largest absolute Gasteiger partial charge is 0.495 e. The van der Waals surface area contributed by atoms with E-state index in [4.69, 9.17) is 4.74 Å². The maximum absolute atomic E-state index is 13.5. The van der Waals surface area contributed by atoms with Crippen molar-refractivity contribution >= 4 is 38.6 Å². The normalized spacial score (nSPS) is 11.6. The minimum Gasteiger partial charge on any atom is -0.495 e. The van der Waals surface area contributed by atoms with Gasteiger partial charge >= 0.3 is 0 Å². The van der Waals surface area contributed by atoms with Crippen LogP contribution in [0, 0.1) is 13.8 Å². The number of nitrogens with one attached hydrogen (secondary N) is 2. The van der Waals surface area contributed by atoms with Crippen LogP contribution in [0.1, 0.15) is 17.0 Å². The van der Waals surface area contributed by atoms with Gasteiger partial charge in [-0.2, -0.15) is 5.10 Å². The molecule has 0 spiro atoms. The number of aryl methyl sites for hydroxylation is 2. The molecular formula is C29H26N6O5S. The topological polar surface area (TPSA) is 148 Å². The molecule has 0 aliphatic carbocycles. The number of fused-ring (bicyclic) bond motifs is 1. The van der Waals surface area contributed by atoms with Crippen molar-refractivity contribution in [1.29, 1.82) is 0 Å². The van der Waals surface area contributed by atoms with E-state index in [-0.39, 0.29) is 27.8 Å². The lowest BCUT2D eigenvalue weighted by molar-refractivity contribution is 0.417. The Bertz CT molecular complexity index is 1950. The maximum Gasteiger partial charge on any atom is 0.265 e. The molecule has 0 saturated carbocycles. The predicted molar refractivity (Wildman–Crippen MR) is 158 cm³/mol. The van der Waals surface area contributed by atoms with Crippen LogP contribution >= 0.6 is 0 Å². The smallest absolute Gasteiger partial charge is 0.265 e. The molecule has 0 saturated heterocycles. The van der Waals surface area contributed by atoms with E-state index in [0.29, 0.717) is 16.5 Å². The van der Waals surface area contributed by atoms with E-state index in [1.54, 1.807) is 48.5 Å². The van der Waals surface area contributed by atoms with Crippen LogP contribution in [0.5, 0.6) is 11.6 Å². The number of methoxy groups -OCH3 is 1. The quantitative estimate of drug-likeness (QED) is 0.184. The molecule has 0 amide bonds. The molecule has 208 valence electrons. The lowest BCUT2D eigenvalue weighted by Gasteiger charge is -2.15. The van der Waals surface area contributed by atoms with Gasteiger partial charge in [-0.05, 0) is 56.3 Å². The number of hydrazone groups is 1. The van der Waals surface area contributed by atoms with Gasteiger partial charge in [0, 0.05) is 22.2 Å². The second-order valence-corrected chi connectivity index (χ2v) is 10.8. The van der Waals surface area contributed by atoms with Crippen LogP contribution in [0.25, 0.3) is 16.5 Å². The molecule has 5 rings (SSSR count). The zero-order chi connectivity index (χ0) is 29.1. The number of sulfonamides is 1. The molecule has 0 unspecified atom stereocenters. The van der Waals surface area contributed by atoms with Gasteiger partial charge in [0.15, 0.2) is 0 Å². The second kappa shape index (κ2) is 11.1. The second-order valence-electron chi connectivity index (χ2n) is 9.07. The molecule has 5 aromatic rings. The number of hydrogen-bond acceptors (Lipinski definition) is 9. The van der Waals surface area contributed by atoms with Crippen molar-refractivity contribution in [3.05, 3.63) is 106 Å². The first kappa shape index (κ1) is 27.3. The third-order valence-electron chi connectivity index (χ3n) is 6.18. The number of aromatic hydroxyl groups is 1. The number of nitrogens with zero attached hydrogens (tertiary/aromatic N) is 4. The van der Waals surface area contributed by atoms with Crippen LogP contribution in [0.15, 0.2) is 93.7 Å². The fraction of sp³-hybridized carbons (Fsp3) is 0.103. The average Bonchev–Trinajstić information content (AvgIpc) is 2.95. The molecular weight excluding hydrogens is 544 g/mol. The van der Waals surface area contributed by atoms with Gasteiger partial charge < -0.3 is 9.84 Å². The van der Waals surface area contributed by atoms with Crippen molar-refractivity contribution in [2.45, 2.75) is 18.7 Å². The summed E-state index contributed by atoms with van der Waals surface area (Å²) >= 11 is 0. The van der Waals surface area contributed by atoms with Gasteiger partial charge in [-0.3, -0.25) is 9.52 Å². The van der Waals surface area contributed by atoms with Crippen LogP contribution in [0.3, 0.4) is 0 Å².